The summed E-state index contributed by atoms with van der Waals surface area (Å²) >= 11 is 5.92. The summed E-state index contributed by atoms with van der Waals surface area (Å²) < 4.78 is 0. The van der Waals surface area contributed by atoms with E-state index in [0.717, 1.165) is 19.4 Å². The number of carbonyl (C=O) groups excluding carboxylic acids is 2. The normalized spacial score (nSPS) is 19.0. The quantitative estimate of drug-likeness (QED) is 0.869. The molecule has 1 aromatic carbocycles. The Morgan fingerprint density at radius 2 is 2.15 bits per heavy atom. The monoisotopic (exact) mass is 295 g/mol. The second-order valence-electron chi connectivity index (χ2n) is 4.86. The number of halogens is 1. The predicted octanol–water partition coefficient (Wildman–Crippen LogP) is 1.02. The van der Waals surface area contributed by atoms with E-state index in [0.29, 0.717) is 17.1 Å². The zero-order valence-corrected chi connectivity index (χ0v) is 11.9. The Hall–Kier alpha value is -1.43. The molecule has 1 unspecified atom stereocenters. The largest absolute Gasteiger partial charge is 0.329 e. The Balaban J connectivity index is 1.92. The number of imide groups is 1. The van der Waals surface area contributed by atoms with Crippen LogP contribution in [0.4, 0.5) is 0 Å². The Morgan fingerprint density at radius 3 is 2.85 bits per heavy atom. The van der Waals surface area contributed by atoms with Crippen LogP contribution in [0.5, 0.6) is 0 Å². The van der Waals surface area contributed by atoms with Crippen LogP contribution in [0.15, 0.2) is 24.3 Å². The summed E-state index contributed by atoms with van der Waals surface area (Å²) in [5.74, 6) is -0.792. The fourth-order valence-corrected chi connectivity index (χ4v) is 2.66. The molecule has 0 radical (unpaired) electrons. The molecule has 0 saturated carbocycles. The van der Waals surface area contributed by atoms with Crippen LogP contribution in [-0.4, -0.2) is 42.4 Å². The fraction of sp³-hybridized carbons (Fsp3) is 0.429. The smallest absolute Gasteiger partial charge is 0.259 e. The number of hydrogen-bond donors (Lipinski definition) is 2. The third kappa shape index (κ3) is 3.56. The molecule has 0 aliphatic carbocycles. The second kappa shape index (κ2) is 6.83. The van der Waals surface area contributed by atoms with Gasteiger partial charge in [-0.3, -0.25) is 19.8 Å². The molecule has 1 aliphatic heterocycles. The number of benzene rings is 1. The summed E-state index contributed by atoms with van der Waals surface area (Å²) in [7, 11) is 0. The maximum atomic E-state index is 11.9. The molecule has 5 nitrogen and oxygen atoms in total. The molecule has 1 fully saturated rings. The first kappa shape index (κ1) is 15.0. The van der Waals surface area contributed by atoms with Crippen LogP contribution in [-0.2, 0) is 4.79 Å². The zero-order chi connectivity index (χ0) is 14.5. The van der Waals surface area contributed by atoms with Gasteiger partial charge in [0.2, 0.25) is 5.91 Å². The molecule has 1 heterocycles. The van der Waals surface area contributed by atoms with Crippen molar-refractivity contribution >= 4 is 23.4 Å². The third-order valence-electron chi connectivity index (χ3n) is 3.49. The Bertz CT molecular complexity index is 507. The summed E-state index contributed by atoms with van der Waals surface area (Å²) in [5.41, 5.74) is 5.96. The highest BCUT2D eigenvalue weighted by atomic mass is 35.5. The van der Waals surface area contributed by atoms with Gasteiger partial charge in [-0.25, -0.2) is 0 Å². The molecule has 0 spiro atoms. The molecule has 0 aromatic heterocycles. The maximum absolute atomic E-state index is 11.9. The zero-order valence-electron chi connectivity index (χ0n) is 11.1. The number of rotatable bonds is 4. The van der Waals surface area contributed by atoms with Crippen molar-refractivity contribution in [3.8, 4) is 0 Å². The number of nitrogens with zero attached hydrogens (tertiary/aromatic N) is 1. The molecule has 1 aliphatic rings. The summed E-state index contributed by atoms with van der Waals surface area (Å²) in [4.78, 5) is 25.8. The molecular formula is C14H18ClN3O2. The number of hydrogen-bond acceptors (Lipinski definition) is 4. The number of amides is 2. The Morgan fingerprint density at radius 1 is 1.40 bits per heavy atom. The highest BCUT2D eigenvalue weighted by Gasteiger charge is 2.25. The van der Waals surface area contributed by atoms with Crippen LogP contribution in [0.2, 0.25) is 5.02 Å². The van der Waals surface area contributed by atoms with Gasteiger partial charge in [0.25, 0.3) is 5.91 Å². The Kier molecular flexibility index (Phi) is 5.11. The highest BCUT2D eigenvalue weighted by Crippen LogP contribution is 2.16. The molecule has 2 amide bonds. The number of carbonyl (C=O) groups is 2. The lowest BCUT2D eigenvalue weighted by molar-refractivity contribution is -0.121. The van der Waals surface area contributed by atoms with Gasteiger partial charge in [-0.1, -0.05) is 23.7 Å². The van der Waals surface area contributed by atoms with Gasteiger partial charge in [0.15, 0.2) is 0 Å². The van der Waals surface area contributed by atoms with Gasteiger partial charge in [0.1, 0.15) is 0 Å². The van der Waals surface area contributed by atoms with Crippen molar-refractivity contribution in [3.63, 3.8) is 0 Å². The molecule has 1 atom stereocenters. The first-order valence-electron chi connectivity index (χ1n) is 6.64. The topological polar surface area (TPSA) is 75.4 Å². The Labute approximate surface area is 123 Å². The van der Waals surface area contributed by atoms with Crippen LogP contribution in [0, 0.1) is 0 Å². The summed E-state index contributed by atoms with van der Waals surface area (Å²) in [6, 6.07) is 6.87. The van der Waals surface area contributed by atoms with E-state index in [1.807, 2.05) is 4.90 Å². The van der Waals surface area contributed by atoms with Crippen molar-refractivity contribution in [3.05, 3.63) is 34.9 Å². The molecular weight excluding hydrogens is 278 g/mol. The molecule has 1 aromatic rings. The van der Waals surface area contributed by atoms with Crippen molar-refractivity contribution in [2.45, 2.75) is 18.9 Å². The highest BCUT2D eigenvalue weighted by molar-refractivity contribution is 6.34. The first-order valence-corrected chi connectivity index (χ1v) is 7.02. The number of likely N-dealkylation sites (tertiary alicyclic amines) is 1. The van der Waals surface area contributed by atoms with Crippen LogP contribution < -0.4 is 11.1 Å². The van der Waals surface area contributed by atoms with E-state index in [4.69, 9.17) is 17.3 Å². The summed E-state index contributed by atoms with van der Waals surface area (Å²) in [6.45, 7) is 1.57. The molecule has 20 heavy (non-hydrogen) atoms. The fourth-order valence-electron chi connectivity index (χ4n) is 2.43. The average Bonchev–Trinajstić information content (AvgIpc) is 2.86. The molecule has 108 valence electrons. The summed E-state index contributed by atoms with van der Waals surface area (Å²) in [6.07, 6.45) is 2.04. The van der Waals surface area contributed by atoms with Crippen molar-refractivity contribution < 1.29 is 9.59 Å². The van der Waals surface area contributed by atoms with Gasteiger partial charge >= 0.3 is 0 Å². The van der Waals surface area contributed by atoms with E-state index < -0.39 is 5.91 Å². The molecule has 6 heteroatoms. The van der Waals surface area contributed by atoms with Crippen LogP contribution in [0.3, 0.4) is 0 Å². The number of nitrogens with one attached hydrogen (secondary N) is 1. The van der Waals surface area contributed by atoms with Crippen LogP contribution in [0.25, 0.3) is 0 Å². The van der Waals surface area contributed by atoms with E-state index >= 15 is 0 Å². The van der Waals surface area contributed by atoms with Gasteiger partial charge in [0, 0.05) is 12.6 Å². The average molecular weight is 296 g/mol. The minimum absolute atomic E-state index is 0.193. The molecule has 3 N–H and O–H groups in total. The molecule has 0 bridgehead atoms. The number of nitrogens with two attached hydrogens (primary N) is 1. The van der Waals surface area contributed by atoms with Crippen molar-refractivity contribution in [1.82, 2.24) is 10.2 Å². The van der Waals surface area contributed by atoms with E-state index in [2.05, 4.69) is 5.32 Å². The lowest BCUT2D eigenvalue weighted by Crippen LogP contribution is -2.44. The van der Waals surface area contributed by atoms with E-state index in [1.165, 1.54) is 0 Å². The SMILES string of the molecule is NCC1CCCN1CC(=O)NC(=O)c1ccccc1Cl. The van der Waals surface area contributed by atoms with Crippen molar-refractivity contribution in [2.75, 3.05) is 19.6 Å². The van der Waals surface area contributed by atoms with E-state index in [1.54, 1.807) is 24.3 Å². The maximum Gasteiger partial charge on any atom is 0.259 e. The van der Waals surface area contributed by atoms with Gasteiger partial charge in [-0.2, -0.15) is 0 Å². The first-order chi connectivity index (χ1) is 9.61. The van der Waals surface area contributed by atoms with Crippen LogP contribution in [0.1, 0.15) is 23.2 Å². The van der Waals surface area contributed by atoms with E-state index in [-0.39, 0.29) is 18.5 Å². The van der Waals surface area contributed by atoms with E-state index in [9.17, 15) is 9.59 Å². The third-order valence-corrected chi connectivity index (χ3v) is 3.82. The molecule has 2 rings (SSSR count). The summed E-state index contributed by atoms with van der Waals surface area (Å²) in [5, 5.41) is 2.70. The standard InChI is InChI=1S/C14H18ClN3O2/c15-12-6-2-1-5-11(12)14(20)17-13(19)9-18-7-3-4-10(18)8-16/h1-2,5-6,10H,3-4,7-9,16H2,(H,17,19,20). The van der Waals surface area contributed by atoms with Gasteiger partial charge < -0.3 is 5.73 Å². The van der Waals surface area contributed by atoms with Gasteiger partial charge in [0.05, 0.1) is 17.1 Å². The van der Waals surface area contributed by atoms with Gasteiger partial charge in [-0.15, -0.1) is 0 Å². The lowest BCUT2D eigenvalue weighted by Gasteiger charge is -2.22. The second-order valence-corrected chi connectivity index (χ2v) is 5.27. The van der Waals surface area contributed by atoms with Crippen molar-refractivity contribution in [2.24, 2.45) is 5.73 Å². The van der Waals surface area contributed by atoms with Crippen molar-refractivity contribution in [1.29, 1.82) is 0 Å². The minimum Gasteiger partial charge on any atom is -0.329 e. The van der Waals surface area contributed by atoms with Crippen LogP contribution >= 0.6 is 11.6 Å². The minimum atomic E-state index is -0.468. The lowest BCUT2D eigenvalue weighted by atomic mass is 10.2. The predicted molar refractivity (Wildman–Crippen MR) is 77.6 cm³/mol. The van der Waals surface area contributed by atoms with Gasteiger partial charge in [-0.05, 0) is 31.5 Å². The molecule has 1 saturated heterocycles.